The number of furan rings is 1. The van der Waals surface area contributed by atoms with Gasteiger partial charge in [-0.2, -0.15) is 0 Å². The molecule has 3 nitrogen and oxygen atoms in total. The van der Waals surface area contributed by atoms with Crippen molar-refractivity contribution in [1.82, 2.24) is 0 Å². The molecule has 0 saturated heterocycles. The van der Waals surface area contributed by atoms with Gasteiger partial charge in [-0.15, -0.1) is 0 Å². The van der Waals surface area contributed by atoms with E-state index in [0.29, 0.717) is 5.76 Å². The molecule has 1 atom stereocenters. The number of rotatable bonds is 2. The highest BCUT2D eigenvalue weighted by molar-refractivity contribution is 5.77. The summed E-state index contributed by atoms with van der Waals surface area (Å²) in [5.74, 6) is 0.406. The summed E-state index contributed by atoms with van der Waals surface area (Å²) in [7, 11) is 0. The number of aliphatic hydroxyl groups excluding tert-OH is 2. The van der Waals surface area contributed by atoms with Crippen LogP contribution in [0.25, 0.3) is 11.0 Å². The summed E-state index contributed by atoms with van der Waals surface area (Å²) in [5, 5.41) is 18.9. The Morgan fingerprint density at radius 2 is 2.08 bits per heavy atom. The maximum atomic E-state index is 9.29. The minimum atomic E-state index is -0.924. The van der Waals surface area contributed by atoms with Gasteiger partial charge in [0, 0.05) is 5.39 Å². The van der Waals surface area contributed by atoms with Crippen molar-refractivity contribution < 1.29 is 14.6 Å². The molecular weight excluding hydrogens is 168 g/mol. The van der Waals surface area contributed by atoms with Crippen molar-refractivity contribution in [2.45, 2.75) is 6.10 Å². The summed E-state index contributed by atoms with van der Waals surface area (Å²) < 4.78 is 5.31. The van der Waals surface area contributed by atoms with Crippen LogP contribution in [0.15, 0.2) is 34.7 Å². The number of hydrogen-bond donors (Lipinski definition) is 2. The quantitative estimate of drug-likeness (QED) is 0.731. The number of benzene rings is 1. The van der Waals surface area contributed by atoms with E-state index in [4.69, 9.17) is 9.52 Å². The van der Waals surface area contributed by atoms with Gasteiger partial charge in [0.1, 0.15) is 17.4 Å². The van der Waals surface area contributed by atoms with Gasteiger partial charge < -0.3 is 14.6 Å². The number of hydrogen-bond acceptors (Lipinski definition) is 3. The van der Waals surface area contributed by atoms with Gasteiger partial charge in [0.25, 0.3) is 0 Å². The standard InChI is InChI=1S/C10H10O3/c11-6-8(12)10-5-7-3-1-2-4-9(7)13-10/h1-5,8,11-12H,6H2/t8-/m0/s1. The van der Waals surface area contributed by atoms with E-state index in [0.717, 1.165) is 11.0 Å². The van der Waals surface area contributed by atoms with Crippen molar-refractivity contribution in [1.29, 1.82) is 0 Å². The molecule has 0 bridgehead atoms. The zero-order valence-corrected chi connectivity index (χ0v) is 6.97. The van der Waals surface area contributed by atoms with Crippen molar-refractivity contribution in [2.75, 3.05) is 6.61 Å². The highest BCUT2D eigenvalue weighted by atomic mass is 16.4. The first-order valence-corrected chi connectivity index (χ1v) is 4.08. The van der Waals surface area contributed by atoms with Gasteiger partial charge in [-0.25, -0.2) is 0 Å². The van der Waals surface area contributed by atoms with Crippen molar-refractivity contribution in [3.05, 3.63) is 36.1 Å². The number of para-hydroxylation sites is 1. The Balaban J connectivity index is 2.49. The van der Waals surface area contributed by atoms with Crippen LogP contribution in [-0.2, 0) is 0 Å². The summed E-state index contributed by atoms with van der Waals surface area (Å²) in [5.41, 5.74) is 0.727. The van der Waals surface area contributed by atoms with E-state index in [-0.39, 0.29) is 6.61 Å². The third-order valence-corrected chi connectivity index (χ3v) is 1.95. The van der Waals surface area contributed by atoms with Gasteiger partial charge in [-0.3, -0.25) is 0 Å². The smallest absolute Gasteiger partial charge is 0.136 e. The second-order valence-corrected chi connectivity index (χ2v) is 2.88. The fraction of sp³-hybridized carbons (Fsp3) is 0.200. The molecular formula is C10H10O3. The molecule has 0 amide bonds. The van der Waals surface area contributed by atoms with Gasteiger partial charge in [0.05, 0.1) is 6.61 Å². The van der Waals surface area contributed by atoms with E-state index in [2.05, 4.69) is 0 Å². The van der Waals surface area contributed by atoms with Gasteiger partial charge in [0.2, 0.25) is 0 Å². The first-order valence-electron chi connectivity index (χ1n) is 4.08. The second kappa shape index (κ2) is 3.20. The van der Waals surface area contributed by atoms with Crippen molar-refractivity contribution in [3.8, 4) is 0 Å². The Bertz CT molecular complexity index is 372. The van der Waals surface area contributed by atoms with E-state index in [1.165, 1.54) is 0 Å². The van der Waals surface area contributed by atoms with Gasteiger partial charge >= 0.3 is 0 Å². The fourth-order valence-corrected chi connectivity index (χ4v) is 1.26. The topological polar surface area (TPSA) is 53.6 Å². The van der Waals surface area contributed by atoms with Gasteiger partial charge in [-0.05, 0) is 12.1 Å². The van der Waals surface area contributed by atoms with E-state index in [1.54, 1.807) is 6.07 Å². The summed E-state index contributed by atoms with van der Waals surface area (Å²) >= 11 is 0. The lowest BCUT2D eigenvalue weighted by Gasteiger charge is -2.00. The van der Waals surface area contributed by atoms with Gasteiger partial charge in [0.15, 0.2) is 0 Å². The molecule has 13 heavy (non-hydrogen) atoms. The van der Waals surface area contributed by atoms with Crippen LogP contribution >= 0.6 is 0 Å². The van der Waals surface area contributed by atoms with Crippen LogP contribution in [0.5, 0.6) is 0 Å². The molecule has 1 aromatic carbocycles. The SMILES string of the molecule is OC[C@H](O)c1cc2ccccc2o1. The molecule has 2 rings (SSSR count). The summed E-state index contributed by atoms with van der Waals surface area (Å²) in [6.45, 7) is -0.320. The summed E-state index contributed by atoms with van der Waals surface area (Å²) in [6, 6.07) is 9.21. The highest BCUT2D eigenvalue weighted by Gasteiger charge is 2.11. The maximum absolute atomic E-state index is 9.29. The van der Waals surface area contributed by atoms with Crippen LogP contribution in [0.3, 0.4) is 0 Å². The third-order valence-electron chi connectivity index (χ3n) is 1.95. The van der Waals surface area contributed by atoms with E-state index in [9.17, 15) is 5.11 Å². The molecule has 3 heteroatoms. The average molecular weight is 178 g/mol. The number of fused-ring (bicyclic) bond motifs is 1. The highest BCUT2D eigenvalue weighted by Crippen LogP contribution is 2.23. The Morgan fingerprint density at radius 1 is 1.31 bits per heavy atom. The predicted octanol–water partition coefficient (Wildman–Crippen LogP) is 1.46. The molecule has 0 unspecified atom stereocenters. The minimum absolute atomic E-state index is 0.320. The van der Waals surface area contributed by atoms with Crippen LogP contribution < -0.4 is 0 Å². The molecule has 1 aromatic heterocycles. The molecule has 1 heterocycles. The fourth-order valence-electron chi connectivity index (χ4n) is 1.26. The summed E-state index contributed by atoms with van der Waals surface area (Å²) in [6.07, 6.45) is -0.924. The Kier molecular flexibility index (Phi) is 2.04. The largest absolute Gasteiger partial charge is 0.458 e. The Morgan fingerprint density at radius 3 is 2.77 bits per heavy atom. The molecule has 68 valence electrons. The second-order valence-electron chi connectivity index (χ2n) is 2.88. The molecule has 0 fully saturated rings. The summed E-state index contributed by atoms with van der Waals surface area (Å²) in [4.78, 5) is 0. The Labute approximate surface area is 75.2 Å². The monoisotopic (exact) mass is 178 g/mol. The third kappa shape index (κ3) is 1.43. The van der Waals surface area contributed by atoms with E-state index < -0.39 is 6.10 Å². The molecule has 0 saturated carbocycles. The first kappa shape index (κ1) is 8.29. The van der Waals surface area contributed by atoms with Crippen LogP contribution in [0.1, 0.15) is 11.9 Å². The average Bonchev–Trinajstić information content (AvgIpc) is 2.59. The lowest BCUT2D eigenvalue weighted by atomic mass is 10.2. The van der Waals surface area contributed by atoms with Crippen molar-refractivity contribution in [3.63, 3.8) is 0 Å². The zero-order valence-electron chi connectivity index (χ0n) is 6.97. The van der Waals surface area contributed by atoms with Crippen LogP contribution in [0.4, 0.5) is 0 Å². The normalized spacial score (nSPS) is 13.4. The van der Waals surface area contributed by atoms with Crippen molar-refractivity contribution in [2.24, 2.45) is 0 Å². The minimum Gasteiger partial charge on any atom is -0.458 e. The van der Waals surface area contributed by atoms with Crippen LogP contribution in [-0.4, -0.2) is 16.8 Å². The molecule has 2 N–H and O–H groups in total. The molecule has 0 radical (unpaired) electrons. The zero-order chi connectivity index (χ0) is 9.26. The maximum Gasteiger partial charge on any atom is 0.136 e. The van der Waals surface area contributed by atoms with E-state index in [1.807, 2.05) is 24.3 Å². The van der Waals surface area contributed by atoms with E-state index >= 15 is 0 Å². The predicted molar refractivity (Wildman–Crippen MR) is 48.3 cm³/mol. The van der Waals surface area contributed by atoms with Gasteiger partial charge in [-0.1, -0.05) is 18.2 Å². The molecule has 0 spiro atoms. The number of aliphatic hydroxyl groups is 2. The molecule has 2 aromatic rings. The Hall–Kier alpha value is -1.32. The molecule has 0 aliphatic carbocycles. The van der Waals surface area contributed by atoms with Crippen molar-refractivity contribution >= 4 is 11.0 Å². The van der Waals surface area contributed by atoms with Crippen LogP contribution in [0.2, 0.25) is 0 Å². The molecule has 0 aliphatic heterocycles. The lowest BCUT2D eigenvalue weighted by molar-refractivity contribution is 0.0789. The lowest BCUT2D eigenvalue weighted by Crippen LogP contribution is -1.99. The van der Waals surface area contributed by atoms with Crippen LogP contribution in [0, 0.1) is 0 Å². The first-order chi connectivity index (χ1) is 6.31. The molecule has 0 aliphatic rings.